The molecular formula is C14H22N2O2. The van der Waals surface area contributed by atoms with Crippen LogP contribution in [-0.4, -0.2) is 28.2 Å². The van der Waals surface area contributed by atoms with E-state index in [-0.39, 0.29) is 24.5 Å². The van der Waals surface area contributed by atoms with Crippen LogP contribution in [0.25, 0.3) is 0 Å². The fraction of sp³-hybridized carbons (Fsp3) is 0.643. The summed E-state index contributed by atoms with van der Waals surface area (Å²) in [5.74, 6) is 0.181. The van der Waals surface area contributed by atoms with Crippen LogP contribution in [0.4, 0.5) is 0 Å². The molecule has 2 unspecified atom stereocenters. The van der Waals surface area contributed by atoms with Gasteiger partial charge in [-0.1, -0.05) is 12.8 Å². The van der Waals surface area contributed by atoms with Gasteiger partial charge in [0.25, 0.3) is 5.91 Å². The van der Waals surface area contributed by atoms with Crippen molar-refractivity contribution in [2.45, 2.75) is 38.6 Å². The van der Waals surface area contributed by atoms with Crippen LogP contribution in [0, 0.1) is 12.8 Å². The van der Waals surface area contributed by atoms with Crippen LogP contribution in [0.1, 0.15) is 41.9 Å². The quantitative estimate of drug-likeness (QED) is 0.856. The normalized spacial score (nSPS) is 23.9. The summed E-state index contributed by atoms with van der Waals surface area (Å²) in [7, 11) is 1.90. The molecule has 18 heavy (non-hydrogen) atoms. The number of carbonyl (C=O) groups is 1. The van der Waals surface area contributed by atoms with E-state index in [9.17, 15) is 9.90 Å². The molecule has 1 heterocycles. The van der Waals surface area contributed by atoms with Crippen molar-refractivity contribution in [2.24, 2.45) is 13.0 Å². The molecular weight excluding hydrogens is 228 g/mol. The van der Waals surface area contributed by atoms with Crippen LogP contribution < -0.4 is 5.32 Å². The van der Waals surface area contributed by atoms with Gasteiger partial charge in [0.15, 0.2) is 0 Å². The van der Waals surface area contributed by atoms with E-state index < -0.39 is 0 Å². The van der Waals surface area contributed by atoms with Crippen LogP contribution >= 0.6 is 0 Å². The predicted octanol–water partition coefficient (Wildman–Crippen LogP) is 1.61. The minimum atomic E-state index is -0.0315. The number of nitrogens with one attached hydrogen (secondary N) is 1. The highest BCUT2D eigenvalue weighted by Crippen LogP contribution is 2.24. The first-order valence-corrected chi connectivity index (χ1v) is 6.67. The molecule has 2 N–H and O–H groups in total. The Labute approximate surface area is 108 Å². The molecule has 2 atom stereocenters. The van der Waals surface area contributed by atoms with E-state index in [1.807, 2.05) is 30.7 Å². The minimum absolute atomic E-state index is 0.0315. The lowest BCUT2D eigenvalue weighted by Crippen LogP contribution is -2.43. The van der Waals surface area contributed by atoms with Gasteiger partial charge in [0.05, 0.1) is 0 Å². The van der Waals surface area contributed by atoms with Crippen molar-refractivity contribution in [3.8, 4) is 0 Å². The van der Waals surface area contributed by atoms with Crippen LogP contribution in [0.15, 0.2) is 12.1 Å². The highest BCUT2D eigenvalue weighted by atomic mass is 16.3. The molecule has 100 valence electrons. The van der Waals surface area contributed by atoms with E-state index in [4.69, 9.17) is 0 Å². The number of aliphatic hydroxyl groups is 1. The third kappa shape index (κ3) is 2.58. The second kappa shape index (κ2) is 5.57. The second-order valence-electron chi connectivity index (χ2n) is 5.23. The minimum Gasteiger partial charge on any atom is -0.396 e. The van der Waals surface area contributed by atoms with E-state index in [2.05, 4.69) is 5.32 Å². The fourth-order valence-corrected chi connectivity index (χ4v) is 2.70. The number of nitrogens with zero attached hydrogens (tertiary/aromatic N) is 1. The van der Waals surface area contributed by atoms with Gasteiger partial charge in [-0.3, -0.25) is 4.79 Å². The summed E-state index contributed by atoms with van der Waals surface area (Å²) in [4.78, 5) is 12.2. The fourth-order valence-electron chi connectivity index (χ4n) is 2.70. The highest BCUT2D eigenvalue weighted by molar-refractivity contribution is 5.93. The molecule has 4 nitrogen and oxygen atoms in total. The molecule has 0 saturated heterocycles. The molecule has 1 aromatic heterocycles. The zero-order valence-electron chi connectivity index (χ0n) is 11.1. The maximum Gasteiger partial charge on any atom is 0.268 e. The maximum absolute atomic E-state index is 12.2. The first-order valence-electron chi connectivity index (χ1n) is 6.67. The van der Waals surface area contributed by atoms with Crippen LogP contribution in [0.3, 0.4) is 0 Å². The summed E-state index contributed by atoms with van der Waals surface area (Å²) in [5, 5.41) is 12.4. The Morgan fingerprint density at radius 3 is 2.78 bits per heavy atom. The molecule has 1 fully saturated rings. The molecule has 2 rings (SSSR count). The zero-order chi connectivity index (χ0) is 13.1. The van der Waals surface area contributed by atoms with Crippen molar-refractivity contribution in [1.82, 2.24) is 9.88 Å². The average Bonchev–Trinajstić information content (AvgIpc) is 2.71. The lowest BCUT2D eigenvalue weighted by atomic mass is 9.85. The monoisotopic (exact) mass is 250 g/mol. The van der Waals surface area contributed by atoms with Crippen molar-refractivity contribution < 1.29 is 9.90 Å². The summed E-state index contributed by atoms with van der Waals surface area (Å²) in [6.07, 6.45) is 4.27. The van der Waals surface area contributed by atoms with Crippen molar-refractivity contribution in [3.05, 3.63) is 23.5 Å². The standard InChI is InChI=1S/C14H22N2O2/c1-10-7-8-13(16(10)2)14(18)15-12-6-4-3-5-11(12)9-17/h7-8,11-12,17H,3-6,9H2,1-2H3,(H,15,18). The molecule has 1 aliphatic rings. The molecule has 0 aromatic carbocycles. The SMILES string of the molecule is Cc1ccc(C(=O)NC2CCCCC2CO)n1C. The number of aromatic nitrogens is 1. The number of hydrogen-bond acceptors (Lipinski definition) is 2. The van der Waals surface area contributed by atoms with Crippen LogP contribution in [0.2, 0.25) is 0 Å². The number of hydrogen-bond donors (Lipinski definition) is 2. The van der Waals surface area contributed by atoms with Gasteiger partial charge in [-0.05, 0) is 31.9 Å². The second-order valence-corrected chi connectivity index (χ2v) is 5.23. The molecule has 4 heteroatoms. The Morgan fingerprint density at radius 2 is 2.17 bits per heavy atom. The van der Waals surface area contributed by atoms with Crippen molar-refractivity contribution in [2.75, 3.05) is 6.61 Å². The Morgan fingerprint density at radius 1 is 1.44 bits per heavy atom. The van der Waals surface area contributed by atoms with Gasteiger partial charge in [-0.15, -0.1) is 0 Å². The number of carbonyl (C=O) groups excluding carboxylic acids is 1. The number of aliphatic hydroxyl groups excluding tert-OH is 1. The van der Waals surface area contributed by atoms with Crippen molar-refractivity contribution >= 4 is 5.91 Å². The third-order valence-corrected chi connectivity index (χ3v) is 4.07. The van der Waals surface area contributed by atoms with E-state index in [0.717, 1.165) is 31.4 Å². The van der Waals surface area contributed by atoms with Gasteiger partial charge in [0.2, 0.25) is 0 Å². The zero-order valence-corrected chi connectivity index (χ0v) is 11.1. The Bertz CT molecular complexity index is 425. The highest BCUT2D eigenvalue weighted by Gasteiger charge is 2.26. The smallest absolute Gasteiger partial charge is 0.268 e. The van der Waals surface area contributed by atoms with Crippen LogP contribution in [0.5, 0.6) is 0 Å². The number of aryl methyl sites for hydroxylation is 1. The molecule has 0 aliphatic heterocycles. The maximum atomic E-state index is 12.2. The lowest BCUT2D eigenvalue weighted by molar-refractivity contribution is 0.0864. The van der Waals surface area contributed by atoms with Gasteiger partial charge in [0, 0.05) is 31.3 Å². The molecule has 1 aliphatic carbocycles. The summed E-state index contributed by atoms with van der Waals surface area (Å²) >= 11 is 0. The topological polar surface area (TPSA) is 54.3 Å². The number of amides is 1. The van der Waals surface area contributed by atoms with Gasteiger partial charge in [-0.2, -0.15) is 0 Å². The summed E-state index contributed by atoms with van der Waals surface area (Å²) in [6.45, 7) is 2.14. The van der Waals surface area contributed by atoms with E-state index in [0.29, 0.717) is 5.69 Å². The Hall–Kier alpha value is -1.29. The van der Waals surface area contributed by atoms with E-state index in [1.54, 1.807) is 0 Å². The lowest BCUT2D eigenvalue weighted by Gasteiger charge is -2.30. The summed E-state index contributed by atoms with van der Waals surface area (Å²) in [5.41, 5.74) is 1.76. The Kier molecular flexibility index (Phi) is 4.07. The first kappa shape index (κ1) is 13.1. The molecule has 1 aromatic rings. The predicted molar refractivity (Wildman–Crippen MR) is 70.4 cm³/mol. The molecule has 0 bridgehead atoms. The van der Waals surface area contributed by atoms with Crippen molar-refractivity contribution in [3.63, 3.8) is 0 Å². The van der Waals surface area contributed by atoms with E-state index in [1.165, 1.54) is 0 Å². The molecule has 1 saturated carbocycles. The van der Waals surface area contributed by atoms with Gasteiger partial charge in [-0.25, -0.2) is 0 Å². The van der Waals surface area contributed by atoms with Gasteiger partial charge < -0.3 is 15.0 Å². The van der Waals surface area contributed by atoms with Crippen LogP contribution in [-0.2, 0) is 7.05 Å². The molecule has 0 spiro atoms. The molecule has 0 radical (unpaired) electrons. The Balaban J connectivity index is 2.04. The summed E-state index contributed by atoms with van der Waals surface area (Å²) in [6, 6.07) is 3.91. The average molecular weight is 250 g/mol. The van der Waals surface area contributed by atoms with Crippen molar-refractivity contribution in [1.29, 1.82) is 0 Å². The largest absolute Gasteiger partial charge is 0.396 e. The first-order chi connectivity index (χ1) is 8.63. The summed E-state index contributed by atoms with van der Waals surface area (Å²) < 4.78 is 1.89. The van der Waals surface area contributed by atoms with E-state index >= 15 is 0 Å². The van der Waals surface area contributed by atoms with Gasteiger partial charge >= 0.3 is 0 Å². The molecule has 1 amide bonds. The van der Waals surface area contributed by atoms with Gasteiger partial charge in [0.1, 0.15) is 5.69 Å². The third-order valence-electron chi connectivity index (χ3n) is 4.07. The number of rotatable bonds is 3.